The number of carbonyl (C=O) groups excluding carboxylic acids is 1. The van der Waals surface area contributed by atoms with Gasteiger partial charge in [0.05, 0.1) is 12.5 Å². The van der Waals surface area contributed by atoms with Crippen LogP contribution in [-0.2, 0) is 9.59 Å². The molecule has 5 nitrogen and oxygen atoms in total. The van der Waals surface area contributed by atoms with Gasteiger partial charge in [-0.25, -0.2) is 0 Å². The third-order valence-electron chi connectivity index (χ3n) is 5.37. The van der Waals surface area contributed by atoms with Gasteiger partial charge in [-0.05, 0) is 49.4 Å². The zero-order valence-corrected chi connectivity index (χ0v) is 13.5. The maximum absolute atomic E-state index is 12.6. The van der Waals surface area contributed by atoms with E-state index in [1.165, 1.54) is 0 Å². The summed E-state index contributed by atoms with van der Waals surface area (Å²) >= 11 is 0. The summed E-state index contributed by atoms with van der Waals surface area (Å²) in [6.45, 7) is 5.47. The molecule has 1 aromatic carbocycles. The van der Waals surface area contributed by atoms with Crippen LogP contribution in [0.4, 0.5) is 5.69 Å². The standard InChI is InChI=1S/C17H23NO4/c1-16(2)13(9-10-17(16,3)15(20)21)14(19)18-11-5-7-12(22-4)8-6-11/h5-8,13H,9-10H2,1-4H3,(H,18,19)(H,20,21)/t13-,17-/m1/s1. The van der Waals surface area contributed by atoms with Gasteiger partial charge >= 0.3 is 5.97 Å². The van der Waals surface area contributed by atoms with Crippen molar-refractivity contribution >= 4 is 17.6 Å². The fraction of sp³-hybridized carbons (Fsp3) is 0.529. The van der Waals surface area contributed by atoms with Gasteiger partial charge in [-0.15, -0.1) is 0 Å². The molecule has 22 heavy (non-hydrogen) atoms. The zero-order chi connectivity index (χ0) is 16.5. The molecule has 1 aliphatic rings. The Bertz CT molecular complexity index is 579. The lowest BCUT2D eigenvalue weighted by atomic mass is 9.65. The van der Waals surface area contributed by atoms with Crippen LogP contribution in [0, 0.1) is 16.7 Å². The number of hydrogen-bond acceptors (Lipinski definition) is 3. The molecule has 1 aliphatic carbocycles. The van der Waals surface area contributed by atoms with E-state index < -0.39 is 16.8 Å². The molecule has 0 saturated heterocycles. The molecule has 0 radical (unpaired) electrons. The second-order valence-corrected chi connectivity index (χ2v) is 6.67. The number of carbonyl (C=O) groups is 2. The first kappa shape index (κ1) is 16.3. The number of anilines is 1. The number of carboxylic acids is 1. The molecule has 0 unspecified atom stereocenters. The van der Waals surface area contributed by atoms with Gasteiger partial charge in [-0.3, -0.25) is 9.59 Å². The largest absolute Gasteiger partial charge is 0.497 e. The molecule has 5 heteroatoms. The Hall–Kier alpha value is -2.04. The lowest BCUT2D eigenvalue weighted by molar-refractivity contribution is -0.154. The average Bonchev–Trinajstić information content (AvgIpc) is 2.71. The molecule has 1 fully saturated rings. The molecule has 0 aromatic heterocycles. The lowest BCUT2D eigenvalue weighted by Gasteiger charge is -2.37. The Balaban J connectivity index is 2.14. The topological polar surface area (TPSA) is 75.6 Å². The van der Waals surface area contributed by atoms with Crippen molar-refractivity contribution in [2.75, 3.05) is 12.4 Å². The Kier molecular flexibility index (Phi) is 4.18. The first-order valence-corrected chi connectivity index (χ1v) is 7.40. The van der Waals surface area contributed by atoms with Crippen molar-refractivity contribution < 1.29 is 19.4 Å². The van der Waals surface area contributed by atoms with Gasteiger partial charge in [0.25, 0.3) is 0 Å². The van der Waals surface area contributed by atoms with E-state index in [0.717, 1.165) is 5.75 Å². The van der Waals surface area contributed by atoms with Gasteiger partial charge in [-0.2, -0.15) is 0 Å². The van der Waals surface area contributed by atoms with Gasteiger partial charge in [0, 0.05) is 11.6 Å². The van der Waals surface area contributed by atoms with Crippen molar-refractivity contribution in [3.63, 3.8) is 0 Å². The third kappa shape index (κ3) is 2.56. The van der Waals surface area contributed by atoms with Crippen molar-refractivity contribution in [2.45, 2.75) is 33.6 Å². The Morgan fingerprint density at radius 3 is 2.27 bits per heavy atom. The smallest absolute Gasteiger partial charge is 0.309 e. The molecule has 2 rings (SSSR count). The number of amides is 1. The number of nitrogens with one attached hydrogen (secondary N) is 1. The summed E-state index contributed by atoms with van der Waals surface area (Å²) in [7, 11) is 1.58. The average molecular weight is 305 g/mol. The van der Waals surface area contributed by atoms with E-state index >= 15 is 0 Å². The second kappa shape index (κ2) is 5.63. The van der Waals surface area contributed by atoms with Crippen LogP contribution >= 0.6 is 0 Å². The molecule has 0 spiro atoms. The van der Waals surface area contributed by atoms with E-state index in [9.17, 15) is 14.7 Å². The van der Waals surface area contributed by atoms with Crippen molar-refractivity contribution in [3.05, 3.63) is 24.3 Å². The molecule has 120 valence electrons. The lowest BCUT2D eigenvalue weighted by Crippen LogP contribution is -2.43. The van der Waals surface area contributed by atoms with Crippen molar-refractivity contribution in [3.8, 4) is 5.75 Å². The highest BCUT2D eigenvalue weighted by atomic mass is 16.5. The molecule has 2 N–H and O–H groups in total. The highest BCUT2D eigenvalue weighted by Gasteiger charge is 2.58. The van der Waals surface area contributed by atoms with Crippen LogP contribution in [0.2, 0.25) is 0 Å². The minimum absolute atomic E-state index is 0.125. The van der Waals surface area contributed by atoms with Crippen molar-refractivity contribution in [1.82, 2.24) is 0 Å². The molecular formula is C17H23NO4. The van der Waals surface area contributed by atoms with E-state index in [1.807, 2.05) is 13.8 Å². The molecule has 0 aliphatic heterocycles. The fourth-order valence-corrected chi connectivity index (χ4v) is 3.25. The van der Waals surface area contributed by atoms with Gasteiger partial charge in [0.1, 0.15) is 5.75 Å². The molecule has 0 heterocycles. The van der Waals surface area contributed by atoms with Crippen LogP contribution in [0.5, 0.6) is 5.75 Å². The highest BCUT2D eigenvalue weighted by molar-refractivity contribution is 5.94. The van der Waals surface area contributed by atoms with Gasteiger partial charge < -0.3 is 15.2 Å². The summed E-state index contributed by atoms with van der Waals surface area (Å²) < 4.78 is 5.08. The molecule has 1 saturated carbocycles. The SMILES string of the molecule is COc1ccc(NC(=O)[C@H]2CC[C@](C)(C(=O)O)C2(C)C)cc1. The zero-order valence-electron chi connectivity index (χ0n) is 13.5. The van der Waals surface area contributed by atoms with E-state index in [-0.39, 0.29) is 11.8 Å². The van der Waals surface area contributed by atoms with Crippen molar-refractivity contribution in [2.24, 2.45) is 16.7 Å². The second-order valence-electron chi connectivity index (χ2n) is 6.67. The van der Waals surface area contributed by atoms with Gasteiger partial charge in [-0.1, -0.05) is 13.8 Å². The summed E-state index contributed by atoms with van der Waals surface area (Å²) in [6.07, 6.45) is 1.09. The quantitative estimate of drug-likeness (QED) is 0.896. The number of rotatable bonds is 4. The normalized spacial score (nSPS) is 26.5. The summed E-state index contributed by atoms with van der Waals surface area (Å²) in [4.78, 5) is 24.2. The van der Waals surface area contributed by atoms with Gasteiger partial charge in [0.15, 0.2) is 0 Å². The van der Waals surface area contributed by atoms with Crippen LogP contribution in [0.1, 0.15) is 33.6 Å². The predicted octanol–water partition coefficient (Wildman–Crippen LogP) is 3.16. The number of hydrogen-bond donors (Lipinski definition) is 2. The Morgan fingerprint density at radius 1 is 1.23 bits per heavy atom. The first-order chi connectivity index (χ1) is 10.2. The monoisotopic (exact) mass is 305 g/mol. The number of carboxylic acid groups (broad SMARTS) is 1. The minimum atomic E-state index is -0.880. The van der Waals surface area contributed by atoms with E-state index in [2.05, 4.69) is 5.32 Å². The Morgan fingerprint density at radius 2 is 1.82 bits per heavy atom. The summed E-state index contributed by atoms with van der Waals surface area (Å²) in [5, 5.41) is 12.4. The van der Waals surface area contributed by atoms with Gasteiger partial charge in [0.2, 0.25) is 5.91 Å². The molecule has 2 atom stereocenters. The highest BCUT2D eigenvalue weighted by Crippen LogP contribution is 2.56. The van der Waals surface area contributed by atoms with E-state index in [4.69, 9.17) is 4.74 Å². The van der Waals surface area contributed by atoms with Crippen LogP contribution in [0.3, 0.4) is 0 Å². The predicted molar refractivity (Wildman–Crippen MR) is 83.9 cm³/mol. The van der Waals surface area contributed by atoms with Crippen molar-refractivity contribution in [1.29, 1.82) is 0 Å². The minimum Gasteiger partial charge on any atom is -0.497 e. The van der Waals surface area contributed by atoms with E-state index in [1.54, 1.807) is 38.3 Å². The third-order valence-corrected chi connectivity index (χ3v) is 5.37. The maximum atomic E-state index is 12.6. The van der Waals surface area contributed by atoms with Crippen LogP contribution < -0.4 is 10.1 Å². The summed E-state index contributed by atoms with van der Waals surface area (Å²) in [5.74, 6) is -0.564. The van der Waals surface area contributed by atoms with Crippen LogP contribution in [0.15, 0.2) is 24.3 Å². The number of ether oxygens (including phenoxy) is 1. The summed E-state index contributed by atoms with van der Waals surface area (Å²) in [6, 6.07) is 7.09. The first-order valence-electron chi connectivity index (χ1n) is 7.40. The molecular weight excluding hydrogens is 282 g/mol. The van der Waals surface area contributed by atoms with Crippen LogP contribution in [0.25, 0.3) is 0 Å². The van der Waals surface area contributed by atoms with Crippen LogP contribution in [-0.4, -0.2) is 24.1 Å². The molecule has 1 aromatic rings. The molecule has 0 bridgehead atoms. The number of methoxy groups -OCH3 is 1. The fourth-order valence-electron chi connectivity index (χ4n) is 3.25. The summed E-state index contributed by atoms with van der Waals surface area (Å²) in [5.41, 5.74) is -0.796. The molecule has 1 amide bonds. The Labute approximate surface area is 130 Å². The number of aliphatic carboxylic acids is 1. The maximum Gasteiger partial charge on any atom is 0.309 e. The van der Waals surface area contributed by atoms with E-state index in [0.29, 0.717) is 18.5 Å². The number of benzene rings is 1.